The van der Waals surface area contributed by atoms with Crippen LogP contribution in [0.5, 0.6) is 0 Å². The standard InChI is InChI=1S/C12H10S2.C10H7NO2/c1-3-7-11(8-4-1)13-14-12-9-5-2-6-10-12;12-9-6-7-10(13)11(9)8-4-2-1-3-5-8/h1-10H;1-7H. The van der Waals surface area contributed by atoms with Crippen molar-refractivity contribution in [2.45, 2.75) is 9.79 Å². The zero-order valence-electron chi connectivity index (χ0n) is 14.4. The fourth-order valence-corrected chi connectivity index (χ4v) is 4.25. The first-order valence-corrected chi connectivity index (χ1v) is 10.4. The third-order valence-electron chi connectivity index (χ3n) is 3.54. The van der Waals surface area contributed by atoms with Crippen molar-refractivity contribution in [3.05, 3.63) is 103 Å². The summed E-state index contributed by atoms with van der Waals surface area (Å²) in [7, 11) is 3.58. The van der Waals surface area contributed by atoms with Crippen LogP contribution in [0.4, 0.5) is 5.69 Å². The van der Waals surface area contributed by atoms with Crippen LogP contribution in [0.15, 0.2) is 113 Å². The summed E-state index contributed by atoms with van der Waals surface area (Å²) in [5.74, 6) is -0.563. The zero-order chi connectivity index (χ0) is 18.9. The highest BCUT2D eigenvalue weighted by atomic mass is 33.1. The van der Waals surface area contributed by atoms with Gasteiger partial charge in [0.15, 0.2) is 0 Å². The van der Waals surface area contributed by atoms with Crippen molar-refractivity contribution in [3.8, 4) is 0 Å². The number of nitrogens with zero attached hydrogens (tertiary/aromatic N) is 1. The smallest absolute Gasteiger partial charge is 0.258 e. The second kappa shape index (κ2) is 9.80. The van der Waals surface area contributed by atoms with E-state index in [-0.39, 0.29) is 11.8 Å². The Balaban J connectivity index is 0.000000156. The molecule has 3 nitrogen and oxygen atoms in total. The highest BCUT2D eigenvalue weighted by Gasteiger charge is 2.24. The number of rotatable bonds is 4. The molecule has 27 heavy (non-hydrogen) atoms. The molecule has 0 radical (unpaired) electrons. The molecule has 4 rings (SSSR count). The van der Waals surface area contributed by atoms with Gasteiger partial charge in [-0.15, -0.1) is 0 Å². The Bertz CT molecular complexity index is 855. The highest BCUT2D eigenvalue weighted by molar-refractivity contribution is 8.76. The first-order chi connectivity index (χ1) is 13.2. The van der Waals surface area contributed by atoms with E-state index in [1.54, 1.807) is 45.9 Å². The van der Waals surface area contributed by atoms with Crippen LogP contribution in [0.25, 0.3) is 0 Å². The van der Waals surface area contributed by atoms with E-state index >= 15 is 0 Å². The summed E-state index contributed by atoms with van der Waals surface area (Å²) in [5.41, 5.74) is 0.613. The van der Waals surface area contributed by atoms with Gasteiger partial charge in [-0.05, 0) is 36.4 Å². The largest absolute Gasteiger partial charge is 0.269 e. The number of hydrogen-bond acceptors (Lipinski definition) is 4. The molecule has 0 aliphatic carbocycles. The first kappa shape index (κ1) is 19.0. The van der Waals surface area contributed by atoms with Crippen LogP contribution in [-0.4, -0.2) is 11.8 Å². The maximum absolute atomic E-state index is 11.2. The summed E-state index contributed by atoms with van der Waals surface area (Å²) in [4.78, 5) is 26.1. The number of amides is 2. The van der Waals surface area contributed by atoms with Crippen molar-refractivity contribution in [2.24, 2.45) is 0 Å². The molecule has 1 aliphatic rings. The lowest BCUT2D eigenvalue weighted by Crippen LogP contribution is -2.29. The number of hydrogen-bond donors (Lipinski definition) is 0. The summed E-state index contributed by atoms with van der Waals surface area (Å²) in [6.45, 7) is 0. The lowest BCUT2D eigenvalue weighted by atomic mass is 10.3. The van der Waals surface area contributed by atoms with Crippen molar-refractivity contribution in [3.63, 3.8) is 0 Å². The van der Waals surface area contributed by atoms with Crippen molar-refractivity contribution in [2.75, 3.05) is 4.90 Å². The van der Waals surface area contributed by atoms with Gasteiger partial charge in [-0.1, -0.05) is 76.2 Å². The quantitative estimate of drug-likeness (QED) is 0.428. The number of anilines is 1. The molecule has 0 saturated carbocycles. The van der Waals surface area contributed by atoms with E-state index in [2.05, 4.69) is 48.5 Å². The summed E-state index contributed by atoms with van der Waals surface area (Å²) < 4.78 is 0. The van der Waals surface area contributed by atoms with Crippen molar-refractivity contribution in [1.29, 1.82) is 0 Å². The third kappa shape index (κ3) is 5.61. The van der Waals surface area contributed by atoms with E-state index in [1.807, 2.05) is 18.2 Å². The molecule has 0 spiro atoms. The Morgan fingerprint density at radius 1 is 0.519 bits per heavy atom. The molecular formula is C22H17NO2S2. The maximum Gasteiger partial charge on any atom is 0.258 e. The monoisotopic (exact) mass is 391 g/mol. The van der Waals surface area contributed by atoms with Gasteiger partial charge in [0.1, 0.15) is 0 Å². The van der Waals surface area contributed by atoms with Gasteiger partial charge in [-0.3, -0.25) is 9.59 Å². The molecule has 0 atom stereocenters. The molecule has 1 aliphatic heterocycles. The van der Waals surface area contributed by atoms with Crippen LogP contribution in [-0.2, 0) is 9.59 Å². The maximum atomic E-state index is 11.2. The van der Waals surface area contributed by atoms with Crippen LogP contribution >= 0.6 is 21.6 Å². The van der Waals surface area contributed by atoms with E-state index in [0.29, 0.717) is 5.69 Å². The minimum Gasteiger partial charge on any atom is -0.269 e. The Morgan fingerprint density at radius 2 is 0.889 bits per heavy atom. The number of imide groups is 1. The Hall–Kier alpha value is -2.76. The lowest BCUT2D eigenvalue weighted by molar-refractivity contribution is -0.119. The molecule has 0 bridgehead atoms. The average Bonchev–Trinajstić information content (AvgIpc) is 3.07. The number of benzene rings is 3. The SMILES string of the molecule is O=C1C=CC(=O)N1c1ccccc1.c1ccc(SSc2ccccc2)cc1. The lowest BCUT2D eigenvalue weighted by Gasteiger charge is -2.12. The molecule has 0 aromatic heterocycles. The van der Waals surface area contributed by atoms with Gasteiger partial charge in [0.2, 0.25) is 0 Å². The molecule has 3 aromatic carbocycles. The number of para-hydroxylation sites is 1. The molecule has 3 aromatic rings. The van der Waals surface area contributed by atoms with Gasteiger partial charge >= 0.3 is 0 Å². The van der Waals surface area contributed by atoms with Crippen LogP contribution in [0.2, 0.25) is 0 Å². The second-order valence-electron chi connectivity index (χ2n) is 5.47. The van der Waals surface area contributed by atoms with E-state index < -0.39 is 0 Å². The average molecular weight is 392 g/mol. The zero-order valence-corrected chi connectivity index (χ0v) is 16.0. The van der Waals surface area contributed by atoms with Crippen LogP contribution in [0.1, 0.15) is 0 Å². The second-order valence-corrected chi connectivity index (χ2v) is 7.75. The van der Waals surface area contributed by atoms with Crippen LogP contribution < -0.4 is 4.90 Å². The molecule has 0 N–H and O–H groups in total. The summed E-state index contributed by atoms with van der Waals surface area (Å²) in [5, 5.41) is 0. The minimum absolute atomic E-state index is 0.281. The topological polar surface area (TPSA) is 37.4 Å². The van der Waals surface area contributed by atoms with Crippen molar-refractivity contribution >= 4 is 39.1 Å². The molecule has 134 valence electrons. The van der Waals surface area contributed by atoms with Gasteiger partial charge in [-0.25, -0.2) is 4.90 Å². The number of carbonyl (C=O) groups is 2. The fourth-order valence-electron chi connectivity index (χ4n) is 2.28. The Kier molecular flexibility index (Phi) is 6.90. The molecule has 0 unspecified atom stereocenters. The summed E-state index contributed by atoms with van der Waals surface area (Å²) >= 11 is 0. The first-order valence-electron chi connectivity index (χ1n) is 8.30. The predicted octanol–water partition coefficient (Wildman–Crippen LogP) is 5.60. The minimum atomic E-state index is -0.281. The van der Waals surface area contributed by atoms with E-state index in [0.717, 1.165) is 4.90 Å². The molecule has 0 saturated heterocycles. The van der Waals surface area contributed by atoms with E-state index in [9.17, 15) is 9.59 Å². The molecule has 2 amide bonds. The van der Waals surface area contributed by atoms with Crippen molar-refractivity contribution < 1.29 is 9.59 Å². The summed E-state index contributed by atoms with van der Waals surface area (Å²) in [6, 6.07) is 29.7. The van der Waals surface area contributed by atoms with Crippen LogP contribution in [0, 0.1) is 0 Å². The summed E-state index contributed by atoms with van der Waals surface area (Å²) in [6.07, 6.45) is 2.55. The van der Waals surface area contributed by atoms with Crippen molar-refractivity contribution in [1.82, 2.24) is 0 Å². The number of carbonyl (C=O) groups excluding carboxylic acids is 2. The van der Waals surface area contributed by atoms with Gasteiger partial charge in [0.25, 0.3) is 11.8 Å². The van der Waals surface area contributed by atoms with Gasteiger partial charge in [0, 0.05) is 21.9 Å². The molecule has 1 heterocycles. The third-order valence-corrected chi connectivity index (χ3v) is 5.96. The fraction of sp³-hybridized carbons (Fsp3) is 0. The van der Waals surface area contributed by atoms with Gasteiger partial charge < -0.3 is 0 Å². The van der Waals surface area contributed by atoms with Gasteiger partial charge in [0.05, 0.1) is 5.69 Å². The predicted molar refractivity (Wildman–Crippen MR) is 113 cm³/mol. The molecular weight excluding hydrogens is 374 g/mol. The normalized spacial score (nSPS) is 12.7. The van der Waals surface area contributed by atoms with E-state index in [4.69, 9.17) is 0 Å². The Morgan fingerprint density at radius 3 is 1.30 bits per heavy atom. The van der Waals surface area contributed by atoms with Gasteiger partial charge in [-0.2, -0.15) is 0 Å². The highest BCUT2D eigenvalue weighted by Crippen LogP contribution is 2.36. The van der Waals surface area contributed by atoms with E-state index in [1.165, 1.54) is 21.9 Å². The molecule has 0 fully saturated rings. The Labute approximate surface area is 166 Å². The molecule has 5 heteroatoms. The van der Waals surface area contributed by atoms with Crippen LogP contribution in [0.3, 0.4) is 0 Å².